The highest BCUT2D eigenvalue weighted by Gasteiger charge is 2.14. The number of nitrogens with zero attached hydrogens (tertiary/aromatic N) is 1. The average molecular weight is 236 g/mol. The Morgan fingerprint density at radius 3 is 2.47 bits per heavy atom. The number of guanidine groups is 1. The third-order valence-electron chi connectivity index (χ3n) is 2.88. The molecule has 0 radical (unpaired) electrons. The molecule has 0 amide bonds. The quantitative estimate of drug-likeness (QED) is 0.318. The Morgan fingerprint density at radius 2 is 1.88 bits per heavy atom. The first kappa shape index (κ1) is 11.9. The third-order valence-corrected chi connectivity index (χ3v) is 2.88. The van der Waals surface area contributed by atoms with E-state index in [0.717, 1.165) is 18.5 Å². The highest BCUT2D eigenvalue weighted by molar-refractivity contribution is 5.93. The van der Waals surface area contributed by atoms with E-state index in [9.17, 15) is 4.39 Å². The fourth-order valence-corrected chi connectivity index (χ4v) is 1.99. The normalized spacial score (nSPS) is 17.2. The van der Waals surface area contributed by atoms with Gasteiger partial charge in [0.2, 0.25) is 5.96 Å². The molecule has 17 heavy (non-hydrogen) atoms. The first-order valence-corrected chi connectivity index (χ1v) is 5.85. The van der Waals surface area contributed by atoms with Gasteiger partial charge >= 0.3 is 0 Å². The van der Waals surface area contributed by atoms with Gasteiger partial charge in [0.1, 0.15) is 5.82 Å². The van der Waals surface area contributed by atoms with Crippen molar-refractivity contribution in [2.24, 2.45) is 10.8 Å². The second-order valence-electron chi connectivity index (χ2n) is 4.19. The second-order valence-corrected chi connectivity index (χ2v) is 4.19. The number of hydrogen-bond donors (Lipinski definition) is 3. The zero-order chi connectivity index (χ0) is 12.1. The molecule has 0 heterocycles. The van der Waals surface area contributed by atoms with Crippen molar-refractivity contribution in [2.45, 2.75) is 31.7 Å². The van der Waals surface area contributed by atoms with Crippen molar-refractivity contribution >= 4 is 11.6 Å². The molecule has 4 N–H and O–H groups in total. The number of nitrogens with two attached hydrogens (primary N) is 1. The van der Waals surface area contributed by atoms with Gasteiger partial charge in [-0.2, -0.15) is 0 Å². The number of anilines is 1. The minimum Gasteiger partial charge on any atom is -0.325 e. The summed E-state index contributed by atoms with van der Waals surface area (Å²) in [4.78, 5) is 4.49. The van der Waals surface area contributed by atoms with Crippen molar-refractivity contribution in [1.82, 2.24) is 5.43 Å². The van der Waals surface area contributed by atoms with Gasteiger partial charge in [0, 0.05) is 5.69 Å². The molecule has 1 fully saturated rings. The van der Waals surface area contributed by atoms with Crippen LogP contribution in [0, 0.1) is 5.82 Å². The van der Waals surface area contributed by atoms with Crippen LogP contribution in [0.3, 0.4) is 0 Å². The standard InChI is InChI=1S/C12H17FN4/c13-9-5-7-11(8-6-9)16-12(17-14)15-10-3-1-2-4-10/h5-8,10H,1-4,14H2,(H2,15,16,17). The van der Waals surface area contributed by atoms with Crippen LogP contribution in [0.1, 0.15) is 25.7 Å². The van der Waals surface area contributed by atoms with Gasteiger partial charge < -0.3 is 5.32 Å². The van der Waals surface area contributed by atoms with E-state index in [-0.39, 0.29) is 5.82 Å². The molecule has 1 aliphatic rings. The lowest BCUT2D eigenvalue weighted by Gasteiger charge is -2.11. The Hall–Kier alpha value is -1.62. The van der Waals surface area contributed by atoms with E-state index in [1.54, 1.807) is 12.1 Å². The summed E-state index contributed by atoms with van der Waals surface area (Å²) in [7, 11) is 0. The molecule has 5 heteroatoms. The summed E-state index contributed by atoms with van der Waals surface area (Å²) in [6.07, 6.45) is 4.66. The van der Waals surface area contributed by atoms with E-state index in [1.807, 2.05) is 0 Å². The summed E-state index contributed by atoms with van der Waals surface area (Å²) in [6.45, 7) is 0. The maximum atomic E-state index is 12.7. The van der Waals surface area contributed by atoms with Gasteiger partial charge in [-0.05, 0) is 37.1 Å². The minimum atomic E-state index is -0.259. The maximum Gasteiger partial charge on any atom is 0.210 e. The monoisotopic (exact) mass is 236 g/mol. The molecular weight excluding hydrogens is 219 g/mol. The van der Waals surface area contributed by atoms with Crippen molar-refractivity contribution in [2.75, 3.05) is 5.32 Å². The van der Waals surface area contributed by atoms with E-state index in [1.165, 1.54) is 25.0 Å². The topological polar surface area (TPSA) is 62.4 Å². The Balaban J connectivity index is 2.01. The number of rotatable bonds is 2. The number of nitrogens with one attached hydrogen (secondary N) is 2. The molecule has 0 aromatic heterocycles. The maximum absolute atomic E-state index is 12.7. The number of hydrazine groups is 1. The Labute approximate surface area is 100 Å². The SMILES string of the molecule is NNC(=NC1CCCC1)Nc1ccc(F)cc1. The molecule has 0 aliphatic heterocycles. The lowest BCUT2D eigenvalue weighted by molar-refractivity contribution is 0.628. The van der Waals surface area contributed by atoms with Gasteiger partial charge in [-0.1, -0.05) is 12.8 Å². The summed E-state index contributed by atoms with van der Waals surface area (Å²) < 4.78 is 12.7. The van der Waals surface area contributed by atoms with Crippen LogP contribution in [0.4, 0.5) is 10.1 Å². The molecule has 4 nitrogen and oxygen atoms in total. The summed E-state index contributed by atoms with van der Waals surface area (Å²) in [5.41, 5.74) is 3.30. The van der Waals surface area contributed by atoms with Crippen LogP contribution in [0.15, 0.2) is 29.3 Å². The van der Waals surface area contributed by atoms with Gasteiger partial charge in [0.15, 0.2) is 0 Å². The number of halogens is 1. The molecule has 0 atom stereocenters. The van der Waals surface area contributed by atoms with E-state index >= 15 is 0 Å². The van der Waals surface area contributed by atoms with Gasteiger partial charge in [-0.25, -0.2) is 15.2 Å². The fraction of sp³-hybridized carbons (Fsp3) is 0.417. The van der Waals surface area contributed by atoms with E-state index in [0.29, 0.717) is 12.0 Å². The Morgan fingerprint density at radius 1 is 1.24 bits per heavy atom. The van der Waals surface area contributed by atoms with Crippen LogP contribution in [-0.4, -0.2) is 12.0 Å². The minimum absolute atomic E-state index is 0.259. The number of benzene rings is 1. The van der Waals surface area contributed by atoms with Crippen LogP contribution in [0.25, 0.3) is 0 Å². The summed E-state index contributed by atoms with van der Waals surface area (Å²) in [5, 5.41) is 3.03. The fourth-order valence-electron chi connectivity index (χ4n) is 1.99. The predicted octanol–water partition coefficient (Wildman–Crippen LogP) is 2.00. The highest BCUT2D eigenvalue weighted by atomic mass is 19.1. The van der Waals surface area contributed by atoms with E-state index in [2.05, 4.69) is 15.7 Å². The third kappa shape index (κ3) is 3.42. The van der Waals surface area contributed by atoms with Gasteiger partial charge in [-0.3, -0.25) is 5.43 Å². The van der Waals surface area contributed by atoms with E-state index < -0.39 is 0 Å². The molecule has 92 valence electrons. The van der Waals surface area contributed by atoms with Crippen molar-refractivity contribution < 1.29 is 4.39 Å². The average Bonchev–Trinajstić information content (AvgIpc) is 2.84. The smallest absolute Gasteiger partial charge is 0.210 e. The van der Waals surface area contributed by atoms with Crippen molar-refractivity contribution in [3.05, 3.63) is 30.1 Å². The summed E-state index contributed by atoms with van der Waals surface area (Å²) >= 11 is 0. The van der Waals surface area contributed by atoms with Crippen LogP contribution in [0.2, 0.25) is 0 Å². The predicted molar refractivity (Wildman–Crippen MR) is 67.0 cm³/mol. The molecule has 0 unspecified atom stereocenters. The summed E-state index contributed by atoms with van der Waals surface area (Å²) in [6, 6.07) is 6.43. The Bertz CT molecular complexity index is 382. The van der Waals surface area contributed by atoms with Crippen LogP contribution in [0.5, 0.6) is 0 Å². The highest BCUT2D eigenvalue weighted by Crippen LogP contribution is 2.21. The van der Waals surface area contributed by atoms with Gasteiger partial charge in [-0.15, -0.1) is 0 Å². The zero-order valence-electron chi connectivity index (χ0n) is 9.62. The van der Waals surface area contributed by atoms with E-state index in [4.69, 9.17) is 5.84 Å². The molecule has 1 aromatic rings. The van der Waals surface area contributed by atoms with Crippen molar-refractivity contribution in [1.29, 1.82) is 0 Å². The first-order chi connectivity index (χ1) is 8.28. The number of hydrogen-bond acceptors (Lipinski definition) is 2. The van der Waals surface area contributed by atoms with Crippen LogP contribution >= 0.6 is 0 Å². The Kier molecular flexibility index (Phi) is 3.93. The molecule has 0 saturated heterocycles. The van der Waals surface area contributed by atoms with Crippen LogP contribution in [-0.2, 0) is 0 Å². The zero-order valence-corrected chi connectivity index (χ0v) is 9.62. The largest absolute Gasteiger partial charge is 0.325 e. The van der Waals surface area contributed by atoms with Gasteiger partial charge in [0.25, 0.3) is 0 Å². The molecule has 1 aliphatic carbocycles. The lowest BCUT2D eigenvalue weighted by atomic mass is 10.3. The summed E-state index contributed by atoms with van der Waals surface area (Å²) in [5.74, 6) is 5.68. The lowest BCUT2D eigenvalue weighted by Crippen LogP contribution is -2.37. The molecule has 1 aromatic carbocycles. The molecular formula is C12H17FN4. The van der Waals surface area contributed by atoms with Crippen molar-refractivity contribution in [3.8, 4) is 0 Å². The first-order valence-electron chi connectivity index (χ1n) is 5.85. The second kappa shape index (κ2) is 5.63. The van der Waals surface area contributed by atoms with Crippen LogP contribution < -0.4 is 16.6 Å². The van der Waals surface area contributed by atoms with Crippen molar-refractivity contribution in [3.63, 3.8) is 0 Å². The van der Waals surface area contributed by atoms with Gasteiger partial charge in [0.05, 0.1) is 6.04 Å². The molecule has 0 bridgehead atoms. The number of aliphatic imine (C=N–C) groups is 1. The molecule has 1 saturated carbocycles. The molecule has 2 rings (SSSR count). The molecule has 0 spiro atoms.